The molecule has 142 valence electrons. The van der Waals surface area contributed by atoms with Crippen molar-refractivity contribution < 1.29 is 4.79 Å². The van der Waals surface area contributed by atoms with Crippen LogP contribution in [0.5, 0.6) is 0 Å². The molecule has 0 spiro atoms. The lowest BCUT2D eigenvalue weighted by atomic mass is 10.2. The number of aromatic nitrogens is 3. The van der Waals surface area contributed by atoms with Gasteiger partial charge < -0.3 is 10.2 Å². The highest BCUT2D eigenvalue weighted by molar-refractivity contribution is 6.02. The molecule has 2 aromatic heterocycles. The Morgan fingerprint density at radius 2 is 1.71 bits per heavy atom. The van der Waals surface area contributed by atoms with Crippen molar-refractivity contribution in [2.45, 2.75) is 6.54 Å². The highest BCUT2D eigenvalue weighted by Gasteiger charge is 2.19. The summed E-state index contributed by atoms with van der Waals surface area (Å²) in [6.07, 6.45) is 3.08. The molecule has 1 amide bonds. The zero-order chi connectivity index (χ0) is 19.2. The van der Waals surface area contributed by atoms with E-state index in [1.54, 1.807) is 24.4 Å². The molecule has 1 aromatic carbocycles. The maximum absolute atomic E-state index is 12.3. The van der Waals surface area contributed by atoms with Gasteiger partial charge in [-0.1, -0.05) is 36.4 Å². The summed E-state index contributed by atoms with van der Waals surface area (Å²) in [5.74, 6) is 1.02. The lowest BCUT2D eigenvalue weighted by Crippen LogP contribution is -2.46. The second-order valence-corrected chi connectivity index (χ2v) is 6.68. The molecule has 28 heavy (non-hydrogen) atoms. The van der Waals surface area contributed by atoms with Gasteiger partial charge in [0.25, 0.3) is 5.91 Å². The fourth-order valence-corrected chi connectivity index (χ4v) is 3.24. The number of carbonyl (C=O) groups is 1. The number of nitrogens with one attached hydrogen (secondary N) is 1. The van der Waals surface area contributed by atoms with Crippen LogP contribution in [0.2, 0.25) is 0 Å². The summed E-state index contributed by atoms with van der Waals surface area (Å²) in [5, 5.41) is 2.79. The van der Waals surface area contributed by atoms with Crippen LogP contribution in [0.3, 0.4) is 0 Å². The Labute approximate surface area is 164 Å². The fraction of sp³-hybridized carbons (Fsp3) is 0.238. The van der Waals surface area contributed by atoms with E-state index in [-0.39, 0.29) is 5.91 Å². The molecule has 4 rings (SSSR count). The Balaban J connectivity index is 1.35. The van der Waals surface area contributed by atoms with Crippen LogP contribution >= 0.6 is 0 Å². The minimum atomic E-state index is -0.280. The summed E-state index contributed by atoms with van der Waals surface area (Å²) in [6.45, 7) is 4.67. The van der Waals surface area contributed by atoms with E-state index in [1.807, 2.05) is 12.1 Å². The number of hydrogen-bond donors (Lipinski definition) is 1. The van der Waals surface area contributed by atoms with Gasteiger partial charge in [0.15, 0.2) is 0 Å². The zero-order valence-electron chi connectivity index (χ0n) is 15.5. The monoisotopic (exact) mass is 374 g/mol. The van der Waals surface area contributed by atoms with Gasteiger partial charge >= 0.3 is 0 Å². The van der Waals surface area contributed by atoms with Crippen LogP contribution in [0.1, 0.15) is 16.1 Å². The van der Waals surface area contributed by atoms with Crippen LogP contribution in [-0.2, 0) is 6.54 Å². The van der Waals surface area contributed by atoms with Crippen molar-refractivity contribution in [3.8, 4) is 0 Å². The quantitative estimate of drug-likeness (QED) is 0.739. The van der Waals surface area contributed by atoms with E-state index in [0.717, 1.165) is 38.5 Å². The summed E-state index contributed by atoms with van der Waals surface area (Å²) >= 11 is 0. The van der Waals surface area contributed by atoms with Gasteiger partial charge in [-0.15, -0.1) is 0 Å². The van der Waals surface area contributed by atoms with Crippen molar-refractivity contribution >= 4 is 17.5 Å². The molecule has 7 heteroatoms. The number of benzene rings is 1. The van der Waals surface area contributed by atoms with Crippen molar-refractivity contribution in [3.05, 3.63) is 78.4 Å². The van der Waals surface area contributed by atoms with Crippen molar-refractivity contribution in [1.29, 1.82) is 0 Å². The molecule has 1 fully saturated rings. The molecule has 0 saturated carbocycles. The summed E-state index contributed by atoms with van der Waals surface area (Å²) in [4.78, 5) is 29.5. The smallest absolute Gasteiger partial charge is 0.275 e. The first-order valence-corrected chi connectivity index (χ1v) is 9.33. The van der Waals surface area contributed by atoms with Gasteiger partial charge in [-0.25, -0.2) is 9.97 Å². The Morgan fingerprint density at radius 1 is 0.929 bits per heavy atom. The largest absolute Gasteiger partial charge is 0.354 e. The third kappa shape index (κ3) is 4.50. The maximum Gasteiger partial charge on any atom is 0.275 e. The molecular formula is C21H22N6O. The van der Waals surface area contributed by atoms with Gasteiger partial charge in [-0.05, 0) is 17.7 Å². The molecule has 3 aromatic rings. The molecule has 3 heterocycles. The Kier molecular flexibility index (Phi) is 5.53. The second-order valence-electron chi connectivity index (χ2n) is 6.68. The lowest BCUT2D eigenvalue weighted by Gasteiger charge is -2.35. The van der Waals surface area contributed by atoms with Crippen LogP contribution in [0.4, 0.5) is 11.6 Å². The lowest BCUT2D eigenvalue weighted by molar-refractivity contribution is 0.102. The average molecular weight is 374 g/mol. The number of nitrogens with zero attached hydrogens (tertiary/aromatic N) is 5. The Morgan fingerprint density at radius 3 is 2.46 bits per heavy atom. The number of amides is 1. The highest BCUT2D eigenvalue weighted by Crippen LogP contribution is 2.17. The fourth-order valence-electron chi connectivity index (χ4n) is 3.24. The van der Waals surface area contributed by atoms with Crippen LogP contribution in [0.25, 0.3) is 0 Å². The molecular weight excluding hydrogens is 352 g/mol. The summed E-state index contributed by atoms with van der Waals surface area (Å²) in [5.41, 5.74) is 1.69. The van der Waals surface area contributed by atoms with Gasteiger partial charge in [0.05, 0.1) is 0 Å². The standard InChI is InChI=1S/C21H22N6O/c28-21(18-8-4-5-9-22-18)25-19-14-20(24-16-23-19)27-12-10-26(11-13-27)15-17-6-2-1-3-7-17/h1-9,14,16H,10-13,15H2,(H,23,24,25,28). The predicted molar refractivity (Wildman–Crippen MR) is 108 cm³/mol. The van der Waals surface area contributed by atoms with E-state index < -0.39 is 0 Å². The highest BCUT2D eigenvalue weighted by atomic mass is 16.1. The topological polar surface area (TPSA) is 74.2 Å². The molecule has 0 aliphatic carbocycles. The van der Waals surface area contributed by atoms with Crippen molar-refractivity contribution in [3.63, 3.8) is 0 Å². The molecule has 1 aliphatic rings. The molecule has 0 bridgehead atoms. The van der Waals surface area contributed by atoms with Gasteiger partial charge in [0.1, 0.15) is 23.7 Å². The second kappa shape index (κ2) is 8.58. The minimum absolute atomic E-state index is 0.280. The number of pyridine rings is 1. The first kappa shape index (κ1) is 18.1. The van der Waals surface area contributed by atoms with Gasteiger partial charge in [0.2, 0.25) is 0 Å². The van der Waals surface area contributed by atoms with Crippen LogP contribution in [0, 0.1) is 0 Å². The maximum atomic E-state index is 12.3. The van der Waals surface area contributed by atoms with Crippen LogP contribution in [-0.4, -0.2) is 51.9 Å². The SMILES string of the molecule is O=C(Nc1cc(N2CCN(Cc3ccccc3)CC2)ncn1)c1ccccn1. The number of hydrogen-bond acceptors (Lipinski definition) is 6. The number of rotatable bonds is 5. The third-order valence-corrected chi connectivity index (χ3v) is 4.74. The van der Waals surface area contributed by atoms with E-state index in [1.165, 1.54) is 11.9 Å². The van der Waals surface area contributed by atoms with Gasteiger partial charge in [0, 0.05) is 45.0 Å². The van der Waals surface area contributed by atoms with Crippen molar-refractivity contribution in [2.75, 3.05) is 36.4 Å². The van der Waals surface area contributed by atoms with Crippen LogP contribution < -0.4 is 10.2 Å². The predicted octanol–water partition coefficient (Wildman–Crippen LogP) is 2.45. The normalized spacial score (nSPS) is 14.6. The molecule has 0 radical (unpaired) electrons. The summed E-state index contributed by atoms with van der Waals surface area (Å²) in [6, 6.07) is 17.6. The first-order valence-electron chi connectivity index (χ1n) is 9.33. The van der Waals surface area contributed by atoms with E-state index in [4.69, 9.17) is 0 Å². The zero-order valence-corrected chi connectivity index (χ0v) is 15.5. The molecule has 0 atom stereocenters. The van der Waals surface area contributed by atoms with Crippen molar-refractivity contribution in [1.82, 2.24) is 19.9 Å². The molecule has 0 unspecified atom stereocenters. The molecule has 1 N–H and O–H groups in total. The summed E-state index contributed by atoms with van der Waals surface area (Å²) in [7, 11) is 0. The van der Waals surface area contributed by atoms with Gasteiger partial charge in [-0.3, -0.25) is 14.7 Å². The minimum Gasteiger partial charge on any atom is -0.354 e. The Hall–Kier alpha value is -3.32. The van der Waals surface area contributed by atoms with E-state index in [0.29, 0.717) is 11.5 Å². The third-order valence-electron chi connectivity index (χ3n) is 4.74. The first-order chi connectivity index (χ1) is 13.8. The summed E-state index contributed by atoms with van der Waals surface area (Å²) < 4.78 is 0. The van der Waals surface area contributed by atoms with Crippen LogP contribution in [0.15, 0.2) is 67.1 Å². The van der Waals surface area contributed by atoms with E-state index in [2.05, 4.69) is 54.3 Å². The average Bonchev–Trinajstić information content (AvgIpc) is 2.76. The van der Waals surface area contributed by atoms with Gasteiger partial charge in [-0.2, -0.15) is 0 Å². The number of carbonyl (C=O) groups excluding carboxylic acids is 1. The van der Waals surface area contributed by atoms with Crippen molar-refractivity contribution in [2.24, 2.45) is 0 Å². The van der Waals surface area contributed by atoms with E-state index in [9.17, 15) is 4.79 Å². The molecule has 7 nitrogen and oxygen atoms in total. The number of piperazine rings is 1. The molecule has 1 aliphatic heterocycles. The Bertz CT molecular complexity index is 910. The van der Waals surface area contributed by atoms with E-state index >= 15 is 0 Å². The number of anilines is 2. The molecule has 1 saturated heterocycles.